The van der Waals surface area contributed by atoms with Crippen molar-refractivity contribution in [2.45, 2.75) is 41.5 Å². The van der Waals surface area contributed by atoms with Crippen LogP contribution in [0.5, 0.6) is 0 Å². The third kappa shape index (κ3) is 2.23. The summed E-state index contributed by atoms with van der Waals surface area (Å²) in [4.78, 5) is 11.2. The molecule has 0 aliphatic carbocycles. The molecule has 0 spiro atoms. The summed E-state index contributed by atoms with van der Waals surface area (Å²) in [5.74, 6) is 0.0969. The lowest BCUT2D eigenvalue weighted by atomic mass is 9.66. The van der Waals surface area contributed by atoms with Crippen LogP contribution in [-0.2, 0) is 4.79 Å². The average molecular weight is 186 g/mol. The molecule has 0 rings (SSSR count). The van der Waals surface area contributed by atoms with Gasteiger partial charge in [-0.2, -0.15) is 0 Å². The van der Waals surface area contributed by atoms with Gasteiger partial charge in [0, 0.05) is 0 Å². The van der Waals surface area contributed by atoms with Crippen LogP contribution in [0.1, 0.15) is 41.5 Å². The zero-order chi connectivity index (χ0) is 10.8. The second kappa shape index (κ2) is 4.12. The maximum absolute atomic E-state index is 11.2. The molecule has 0 radical (unpaired) electrons. The molecule has 0 saturated heterocycles. The summed E-state index contributed by atoms with van der Waals surface area (Å²) in [6.07, 6.45) is 0. The van der Waals surface area contributed by atoms with Crippen LogP contribution < -0.4 is 0 Å². The van der Waals surface area contributed by atoms with Gasteiger partial charge in [-0.3, -0.25) is 4.79 Å². The van der Waals surface area contributed by atoms with E-state index in [2.05, 4.69) is 13.8 Å². The molecule has 0 aliphatic heterocycles. The monoisotopic (exact) mass is 186 g/mol. The lowest BCUT2D eigenvalue weighted by Gasteiger charge is -2.37. The first-order chi connectivity index (χ1) is 5.74. The van der Waals surface area contributed by atoms with Gasteiger partial charge in [0.05, 0.1) is 5.41 Å². The Kier molecular flexibility index (Phi) is 3.95. The summed E-state index contributed by atoms with van der Waals surface area (Å²) in [7, 11) is 0. The molecule has 0 aromatic carbocycles. The molecule has 0 heterocycles. The Bertz CT molecular complexity index is 185. The summed E-state index contributed by atoms with van der Waals surface area (Å²) in [5, 5.41) is 9.22. The highest BCUT2D eigenvalue weighted by atomic mass is 16.4. The molecule has 0 fully saturated rings. The Morgan fingerprint density at radius 2 is 1.54 bits per heavy atom. The lowest BCUT2D eigenvalue weighted by molar-refractivity contribution is -0.155. The summed E-state index contributed by atoms with van der Waals surface area (Å²) in [6, 6.07) is 0. The molecule has 2 unspecified atom stereocenters. The first-order valence-corrected chi connectivity index (χ1v) is 4.98. The van der Waals surface area contributed by atoms with E-state index in [1.165, 1.54) is 0 Å². The van der Waals surface area contributed by atoms with Crippen molar-refractivity contribution in [2.75, 3.05) is 0 Å². The number of rotatable bonds is 4. The largest absolute Gasteiger partial charge is 0.481 e. The molecule has 1 N–H and O–H groups in total. The molecule has 0 aromatic heterocycles. The van der Waals surface area contributed by atoms with Crippen molar-refractivity contribution in [1.29, 1.82) is 0 Å². The zero-order valence-corrected chi connectivity index (χ0v) is 9.59. The van der Waals surface area contributed by atoms with Gasteiger partial charge in [0.15, 0.2) is 0 Å². The first kappa shape index (κ1) is 12.5. The molecular weight excluding hydrogens is 164 g/mol. The van der Waals surface area contributed by atoms with Crippen molar-refractivity contribution >= 4 is 5.97 Å². The standard InChI is InChI=1S/C11H22O2/c1-7(2)9(5)11(6,8(3)4)10(12)13/h7-9H,1-6H3,(H,12,13). The van der Waals surface area contributed by atoms with E-state index in [1.54, 1.807) is 0 Å². The second-order valence-corrected chi connectivity index (χ2v) is 4.78. The SMILES string of the molecule is CC(C)C(C)C(C)(C(=O)O)C(C)C. The van der Waals surface area contributed by atoms with Crippen LogP contribution in [0.4, 0.5) is 0 Å². The van der Waals surface area contributed by atoms with Gasteiger partial charge in [-0.25, -0.2) is 0 Å². The lowest BCUT2D eigenvalue weighted by Crippen LogP contribution is -2.41. The van der Waals surface area contributed by atoms with Gasteiger partial charge in [-0.1, -0.05) is 34.6 Å². The van der Waals surface area contributed by atoms with Crippen LogP contribution in [0.2, 0.25) is 0 Å². The fraction of sp³-hybridized carbons (Fsp3) is 0.909. The van der Waals surface area contributed by atoms with Gasteiger partial charge in [-0.05, 0) is 24.7 Å². The highest BCUT2D eigenvalue weighted by molar-refractivity contribution is 5.74. The molecule has 13 heavy (non-hydrogen) atoms. The van der Waals surface area contributed by atoms with Crippen molar-refractivity contribution in [3.63, 3.8) is 0 Å². The fourth-order valence-electron chi connectivity index (χ4n) is 1.66. The van der Waals surface area contributed by atoms with Gasteiger partial charge in [0.2, 0.25) is 0 Å². The minimum atomic E-state index is -0.677. The Labute approximate surface area is 81.3 Å². The van der Waals surface area contributed by atoms with E-state index in [4.69, 9.17) is 0 Å². The molecular formula is C11H22O2. The third-order valence-corrected chi connectivity index (χ3v) is 3.61. The molecule has 2 heteroatoms. The highest BCUT2D eigenvalue weighted by Crippen LogP contribution is 2.39. The van der Waals surface area contributed by atoms with E-state index < -0.39 is 11.4 Å². The molecule has 78 valence electrons. The van der Waals surface area contributed by atoms with Crippen LogP contribution >= 0.6 is 0 Å². The van der Waals surface area contributed by atoms with Crippen molar-refractivity contribution < 1.29 is 9.90 Å². The van der Waals surface area contributed by atoms with Crippen molar-refractivity contribution in [2.24, 2.45) is 23.2 Å². The molecule has 0 saturated carbocycles. The Morgan fingerprint density at radius 3 is 1.62 bits per heavy atom. The van der Waals surface area contributed by atoms with Gasteiger partial charge in [-0.15, -0.1) is 0 Å². The number of carboxylic acids is 1. The number of carbonyl (C=O) groups is 1. The van der Waals surface area contributed by atoms with E-state index >= 15 is 0 Å². The zero-order valence-electron chi connectivity index (χ0n) is 9.59. The van der Waals surface area contributed by atoms with Gasteiger partial charge < -0.3 is 5.11 Å². The fourth-order valence-corrected chi connectivity index (χ4v) is 1.66. The normalized spacial score (nSPS) is 18.8. The van der Waals surface area contributed by atoms with E-state index in [0.717, 1.165) is 0 Å². The summed E-state index contributed by atoms with van der Waals surface area (Å²) < 4.78 is 0. The molecule has 2 atom stereocenters. The maximum Gasteiger partial charge on any atom is 0.309 e. The van der Waals surface area contributed by atoms with E-state index in [-0.39, 0.29) is 11.8 Å². The minimum absolute atomic E-state index is 0.169. The molecule has 0 bridgehead atoms. The van der Waals surface area contributed by atoms with E-state index in [0.29, 0.717) is 5.92 Å². The Morgan fingerprint density at radius 1 is 1.15 bits per heavy atom. The minimum Gasteiger partial charge on any atom is -0.481 e. The predicted octanol–water partition coefficient (Wildman–Crippen LogP) is 3.03. The van der Waals surface area contributed by atoms with Crippen LogP contribution in [0.25, 0.3) is 0 Å². The third-order valence-electron chi connectivity index (χ3n) is 3.61. The predicted molar refractivity (Wildman–Crippen MR) is 54.6 cm³/mol. The topological polar surface area (TPSA) is 37.3 Å². The van der Waals surface area contributed by atoms with E-state index in [9.17, 15) is 9.90 Å². The number of aliphatic carboxylic acids is 1. The summed E-state index contributed by atoms with van der Waals surface area (Å²) in [5.41, 5.74) is -0.603. The first-order valence-electron chi connectivity index (χ1n) is 4.98. The average Bonchev–Trinajstić information content (AvgIpc) is 2.00. The van der Waals surface area contributed by atoms with Crippen LogP contribution in [0, 0.1) is 23.2 Å². The number of hydrogen-bond acceptors (Lipinski definition) is 1. The molecule has 0 aromatic rings. The molecule has 0 aliphatic rings. The Hall–Kier alpha value is -0.530. The van der Waals surface area contributed by atoms with Gasteiger partial charge in [0.1, 0.15) is 0 Å². The second-order valence-electron chi connectivity index (χ2n) is 4.78. The molecule has 2 nitrogen and oxygen atoms in total. The Balaban J connectivity index is 4.90. The molecule has 0 amide bonds. The van der Waals surface area contributed by atoms with Crippen LogP contribution in [0.3, 0.4) is 0 Å². The maximum atomic E-state index is 11.2. The van der Waals surface area contributed by atoms with Gasteiger partial charge >= 0.3 is 5.97 Å². The quantitative estimate of drug-likeness (QED) is 0.732. The van der Waals surface area contributed by atoms with Crippen molar-refractivity contribution in [3.05, 3.63) is 0 Å². The van der Waals surface area contributed by atoms with E-state index in [1.807, 2.05) is 27.7 Å². The van der Waals surface area contributed by atoms with Crippen molar-refractivity contribution in [3.8, 4) is 0 Å². The highest BCUT2D eigenvalue weighted by Gasteiger charge is 2.42. The number of carboxylic acid groups (broad SMARTS) is 1. The smallest absolute Gasteiger partial charge is 0.309 e. The van der Waals surface area contributed by atoms with Crippen LogP contribution in [-0.4, -0.2) is 11.1 Å². The summed E-state index contributed by atoms with van der Waals surface area (Å²) >= 11 is 0. The van der Waals surface area contributed by atoms with Crippen molar-refractivity contribution in [1.82, 2.24) is 0 Å². The number of hydrogen-bond donors (Lipinski definition) is 1. The van der Waals surface area contributed by atoms with Crippen LogP contribution in [0.15, 0.2) is 0 Å². The van der Waals surface area contributed by atoms with Gasteiger partial charge in [0.25, 0.3) is 0 Å². The summed E-state index contributed by atoms with van der Waals surface area (Å²) in [6.45, 7) is 12.0.